The van der Waals surface area contributed by atoms with Crippen molar-refractivity contribution >= 4 is 40.0 Å². The summed E-state index contributed by atoms with van der Waals surface area (Å²) in [7, 11) is 0. The number of likely N-dealkylation sites (tertiary alicyclic amines) is 1. The van der Waals surface area contributed by atoms with Crippen LogP contribution in [0.1, 0.15) is 109 Å². The van der Waals surface area contributed by atoms with Crippen LogP contribution in [0.2, 0.25) is 0 Å². The molecule has 63 heavy (non-hydrogen) atoms. The van der Waals surface area contributed by atoms with Gasteiger partial charge in [0.25, 0.3) is 11.7 Å². The molecule has 1 spiro atoms. The van der Waals surface area contributed by atoms with Crippen LogP contribution >= 0.6 is 0 Å². The molecule has 6 atom stereocenters. The van der Waals surface area contributed by atoms with E-state index in [1.807, 2.05) is 6.92 Å². The number of allylic oxidation sites excluding steroid dienone is 3. The number of fused-ring (bicyclic) bond motifs is 1. The number of phenolic OH excluding ortho intramolecular Hbond substituents is 2. The Kier molecular flexibility index (Phi) is 14.4. The number of carbonyl (C=O) groups is 4. The number of aliphatic hydroxyl groups excluding tert-OH is 2. The smallest absolute Gasteiger partial charge is 0.315 e. The predicted octanol–water partition coefficient (Wildman–Crippen LogP) is 4.53. The molecule has 0 radical (unpaired) electrons. The normalized spacial score (nSPS) is 28.3. The van der Waals surface area contributed by atoms with Crippen LogP contribution in [-0.2, 0) is 23.9 Å². The van der Waals surface area contributed by atoms with Crippen molar-refractivity contribution < 1.29 is 53.8 Å². The standard InChI is InChI=1S/C47H63N5O11/c1-9-18-48-32(54)23-33(55)62-30-15-10-11-21-61-46(8)44(59)36-34-35(41(57)29(7)43(36)63-46)42(58)39(38-37(34)50-47(51-38)16-19-52(20-17-47)24-25(2)3)49-45(60)27(5)14-12-13-26(4)40(56)28(6)31(53)22-30/h11-14,21,25-26,28,30-31,40,50,53,56-58H,9-10,15-20,22-24H2,1-8H3,(H,48,54)/b13-12+,21-11+,27-14-,49-39?/t26?,28-,30+,31-,40-,46-/m0/s1. The van der Waals surface area contributed by atoms with Gasteiger partial charge in [-0.3, -0.25) is 24.2 Å². The number of amides is 2. The first-order valence-corrected chi connectivity index (χ1v) is 22.1. The van der Waals surface area contributed by atoms with Crippen molar-refractivity contribution in [3.63, 3.8) is 0 Å². The lowest BCUT2D eigenvalue weighted by molar-refractivity contribution is -0.153. The number of anilines is 1. The first-order chi connectivity index (χ1) is 29.8. The topological polar surface area (TPSA) is 229 Å². The number of carbonyl (C=O) groups excluding carboxylic acids is 4. The van der Waals surface area contributed by atoms with Gasteiger partial charge in [-0.25, -0.2) is 4.99 Å². The molecule has 2 aromatic carbocycles. The van der Waals surface area contributed by atoms with Crippen LogP contribution in [0.15, 0.2) is 46.1 Å². The lowest BCUT2D eigenvalue weighted by Crippen LogP contribution is -2.47. The van der Waals surface area contributed by atoms with Crippen molar-refractivity contribution in [2.24, 2.45) is 27.7 Å². The highest BCUT2D eigenvalue weighted by molar-refractivity contribution is 6.21. The van der Waals surface area contributed by atoms with Gasteiger partial charge in [-0.05, 0) is 45.1 Å². The molecule has 0 saturated carbocycles. The lowest BCUT2D eigenvalue weighted by atomic mass is 9.86. The molecule has 4 aliphatic rings. The summed E-state index contributed by atoms with van der Waals surface area (Å²) in [5, 5.41) is 52.7. The summed E-state index contributed by atoms with van der Waals surface area (Å²) in [6, 6.07) is 0. The van der Waals surface area contributed by atoms with Gasteiger partial charge < -0.3 is 50.2 Å². The molecular formula is C47H63N5O11. The van der Waals surface area contributed by atoms with E-state index < -0.39 is 77.3 Å². The van der Waals surface area contributed by atoms with E-state index >= 15 is 0 Å². The zero-order chi connectivity index (χ0) is 46.0. The molecule has 342 valence electrons. The van der Waals surface area contributed by atoms with E-state index in [-0.39, 0.29) is 68.9 Å². The van der Waals surface area contributed by atoms with Crippen LogP contribution in [0, 0.1) is 24.7 Å². The number of nitrogens with zero attached hydrogens (tertiary/aromatic N) is 3. The number of phenols is 2. The second-order valence-electron chi connectivity index (χ2n) is 18.1. The zero-order valence-electron chi connectivity index (χ0n) is 37.6. The number of esters is 1. The van der Waals surface area contributed by atoms with Crippen molar-refractivity contribution in [2.75, 3.05) is 31.5 Å². The van der Waals surface area contributed by atoms with Crippen LogP contribution in [0.25, 0.3) is 10.8 Å². The largest absolute Gasteiger partial charge is 0.507 e. The van der Waals surface area contributed by atoms with Crippen LogP contribution < -0.4 is 26.1 Å². The van der Waals surface area contributed by atoms with Gasteiger partial charge in [0, 0.05) is 80.7 Å². The summed E-state index contributed by atoms with van der Waals surface area (Å²) < 4.78 is 18.0. The number of aromatic hydroxyl groups is 2. The molecule has 4 bridgehead atoms. The second kappa shape index (κ2) is 19.2. The Morgan fingerprint density at radius 1 is 1.08 bits per heavy atom. The van der Waals surface area contributed by atoms with E-state index in [0.29, 0.717) is 37.4 Å². The third-order valence-electron chi connectivity index (χ3n) is 12.5. The maximum absolute atomic E-state index is 14.6. The molecule has 1 fully saturated rings. The third kappa shape index (κ3) is 9.92. The molecule has 16 nitrogen and oxygen atoms in total. The summed E-state index contributed by atoms with van der Waals surface area (Å²) in [4.78, 5) is 65.5. The fraction of sp³-hybridized carbons (Fsp3) is 0.574. The zero-order valence-corrected chi connectivity index (χ0v) is 37.6. The van der Waals surface area contributed by atoms with Gasteiger partial charge in [0.05, 0.1) is 35.1 Å². The monoisotopic (exact) mass is 873 g/mol. The minimum Gasteiger partial charge on any atom is -0.507 e. The SMILES string of the molecule is CCCNC(=O)CC(=O)O[C@@H]1CC/C=C/O[C@@]2(C)Oc3c(C)c(O)c4c(O)c(c5c(c4c3C2=O)NC2(CCN(CC(C)C)CC2)N=5)=NC(=O)/C(C)=C\C=C\C(C)[C@H](O)[C@@H](C)[C@@H](O)C1. The van der Waals surface area contributed by atoms with Gasteiger partial charge in [-0.2, -0.15) is 0 Å². The van der Waals surface area contributed by atoms with Crippen molar-refractivity contribution in [3.05, 3.63) is 58.0 Å². The highest BCUT2D eigenvalue weighted by Crippen LogP contribution is 2.51. The lowest BCUT2D eigenvalue weighted by Gasteiger charge is -2.38. The Morgan fingerprint density at radius 3 is 2.48 bits per heavy atom. The summed E-state index contributed by atoms with van der Waals surface area (Å²) >= 11 is 0. The molecule has 1 saturated heterocycles. The Morgan fingerprint density at radius 2 is 1.79 bits per heavy atom. The molecule has 2 aromatic rings. The van der Waals surface area contributed by atoms with Crippen LogP contribution in [0.4, 0.5) is 5.69 Å². The highest BCUT2D eigenvalue weighted by atomic mass is 16.7. The fourth-order valence-electron chi connectivity index (χ4n) is 8.73. The minimum atomic E-state index is -1.92. The quantitative estimate of drug-likeness (QED) is 0.128. The molecule has 4 heterocycles. The van der Waals surface area contributed by atoms with Crippen molar-refractivity contribution in [3.8, 4) is 17.2 Å². The number of Topliss-reactive ketones (excluding diaryl/α,β-unsaturated/α-hetero) is 1. The van der Waals surface area contributed by atoms with Gasteiger partial charge >= 0.3 is 11.8 Å². The van der Waals surface area contributed by atoms with Crippen LogP contribution in [0.3, 0.4) is 0 Å². The number of nitrogens with one attached hydrogen (secondary N) is 2. The predicted molar refractivity (Wildman–Crippen MR) is 235 cm³/mol. The average Bonchev–Trinajstić information content (AvgIpc) is 3.73. The van der Waals surface area contributed by atoms with Gasteiger partial charge in [0.2, 0.25) is 5.91 Å². The Hall–Kier alpha value is -5.32. The van der Waals surface area contributed by atoms with Crippen LogP contribution in [0.5, 0.6) is 17.2 Å². The van der Waals surface area contributed by atoms with Crippen molar-refractivity contribution in [1.29, 1.82) is 0 Å². The van der Waals surface area contributed by atoms with Crippen LogP contribution in [-0.4, -0.2) is 105 Å². The third-order valence-corrected chi connectivity index (χ3v) is 12.5. The number of rotatable bonds is 7. The van der Waals surface area contributed by atoms with E-state index in [1.165, 1.54) is 19.3 Å². The van der Waals surface area contributed by atoms with Crippen molar-refractivity contribution in [2.45, 2.75) is 130 Å². The highest BCUT2D eigenvalue weighted by Gasteiger charge is 2.50. The molecular weight excluding hydrogens is 811 g/mol. The molecule has 2 amide bonds. The van der Waals surface area contributed by atoms with Gasteiger partial charge in [-0.15, -0.1) is 0 Å². The molecule has 16 heteroatoms. The van der Waals surface area contributed by atoms with Gasteiger partial charge in [0.1, 0.15) is 40.4 Å². The van der Waals surface area contributed by atoms with E-state index in [9.17, 15) is 39.6 Å². The summed E-state index contributed by atoms with van der Waals surface area (Å²) in [6.07, 6.45) is 6.48. The molecule has 0 aromatic heterocycles. The Bertz CT molecular complexity index is 2350. The molecule has 6 rings (SSSR count). The van der Waals surface area contributed by atoms with Gasteiger partial charge in [0.15, 0.2) is 5.75 Å². The Labute approximate surface area is 367 Å². The molecule has 0 aliphatic carbocycles. The molecule has 4 aliphatic heterocycles. The average molecular weight is 874 g/mol. The second-order valence-corrected chi connectivity index (χ2v) is 18.1. The maximum Gasteiger partial charge on any atom is 0.315 e. The fourth-order valence-corrected chi connectivity index (χ4v) is 8.73. The number of hydrogen-bond acceptors (Lipinski definition) is 14. The number of aliphatic hydroxyl groups is 2. The summed E-state index contributed by atoms with van der Waals surface area (Å²) in [6.45, 7) is 17.0. The van der Waals surface area contributed by atoms with Crippen molar-refractivity contribution in [1.82, 2.24) is 10.2 Å². The van der Waals surface area contributed by atoms with E-state index in [2.05, 4.69) is 34.4 Å². The first-order valence-electron chi connectivity index (χ1n) is 22.1. The minimum absolute atomic E-state index is 0.0401. The number of benzene rings is 2. The van der Waals surface area contributed by atoms with E-state index in [0.717, 1.165) is 19.6 Å². The molecule has 1 unspecified atom stereocenters. The first kappa shape index (κ1) is 47.2. The maximum atomic E-state index is 14.6. The van der Waals surface area contributed by atoms with E-state index in [1.54, 1.807) is 45.9 Å². The number of ketones is 1. The number of ether oxygens (including phenoxy) is 3. The number of hydrogen-bond donors (Lipinski definition) is 6. The summed E-state index contributed by atoms with van der Waals surface area (Å²) in [5.41, 5.74) is -0.116. The van der Waals surface area contributed by atoms with E-state index in [4.69, 9.17) is 19.2 Å². The summed E-state index contributed by atoms with van der Waals surface area (Å²) in [5.74, 6) is -6.00. The Balaban J connectivity index is 1.44. The molecule has 6 N–H and O–H groups in total. The number of piperidine rings is 1. The van der Waals surface area contributed by atoms with Gasteiger partial charge in [-0.1, -0.05) is 52.8 Å².